The highest BCUT2D eigenvalue weighted by Crippen LogP contribution is 2.22. The van der Waals surface area contributed by atoms with Crippen molar-refractivity contribution in [2.75, 3.05) is 7.11 Å². The minimum absolute atomic E-state index is 0.0627. The summed E-state index contributed by atoms with van der Waals surface area (Å²) in [7, 11) is 1.66. The van der Waals surface area contributed by atoms with Gasteiger partial charge >= 0.3 is 0 Å². The number of amides is 1. The lowest BCUT2D eigenvalue weighted by Gasteiger charge is -2.12. The van der Waals surface area contributed by atoms with E-state index in [1.807, 2.05) is 39.8 Å². The molecule has 3 nitrogen and oxygen atoms in total. The molecule has 0 saturated carbocycles. The number of ether oxygens (including phenoxy) is 1. The van der Waals surface area contributed by atoms with Crippen molar-refractivity contribution < 1.29 is 9.53 Å². The molecule has 1 N–H and O–H groups in total. The summed E-state index contributed by atoms with van der Waals surface area (Å²) in [6.45, 7) is 7.91. The molecular weight excluding hydrogens is 214 g/mol. The SMILES string of the molecule is COc1cc(C)c(CC(=O)NC(C)C)cc1C. The van der Waals surface area contributed by atoms with Gasteiger partial charge in [-0.05, 0) is 50.5 Å². The third-order valence-corrected chi connectivity index (χ3v) is 2.65. The summed E-state index contributed by atoms with van der Waals surface area (Å²) in [5.41, 5.74) is 3.21. The zero-order chi connectivity index (χ0) is 13.0. The zero-order valence-corrected chi connectivity index (χ0v) is 11.3. The molecule has 0 spiro atoms. The molecule has 0 bridgehead atoms. The highest BCUT2D eigenvalue weighted by Gasteiger charge is 2.09. The number of benzene rings is 1. The fourth-order valence-corrected chi connectivity index (χ4v) is 1.81. The van der Waals surface area contributed by atoms with Crippen molar-refractivity contribution in [3.63, 3.8) is 0 Å². The van der Waals surface area contributed by atoms with Gasteiger partial charge in [-0.15, -0.1) is 0 Å². The van der Waals surface area contributed by atoms with Crippen molar-refractivity contribution in [3.05, 3.63) is 28.8 Å². The maximum absolute atomic E-state index is 11.7. The number of rotatable bonds is 4. The van der Waals surface area contributed by atoms with Crippen LogP contribution in [-0.2, 0) is 11.2 Å². The van der Waals surface area contributed by atoms with Gasteiger partial charge < -0.3 is 10.1 Å². The Morgan fingerprint density at radius 1 is 1.29 bits per heavy atom. The Bertz CT molecular complexity index is 411. The van der Waals surface area contributed by atoms with E-state index in [-0.39, 0.29) is 11.9 Å². The standard InChI is InChI=1S/C14H21NO2/c1-9(2)15-14(16)8-12-6-11(4)13(17-5)7-10(12)3/h6-7,9H,8H2,1-5H3,(H,15,16). The predicted octanol–water partition coefficient (Wildman–Crippen LogP) is 2.38. The molecule has 0 radical (unpaired) electrons. The van der Waals surface area contributed by atoms with E-state index in [2.05, 4.69) is 5.32 Å². The summed E-state index contributed by atoms with van der Waals surface area (Å²) in [6.07, 6.45) is 0.425. The average Bonchev–Trinajstić information content (AvgIpc) is 2.21. The van der Waals surface area contributed by atoms with Gasteiger partial charge in [0.2, 0.25) is 5.91 Å². The average molecular weight is 235 g/mol. The van der Waals surface area contributed by atoms with Crippen molar-refractivity contribution in [1.82, 2.24) is 5.32 Å². The van der Waals surface area contributed by atoms with Gasteiger partial charge in [-0.2, -0.15) is 0 Å². The quantitative estimate of drug-likeness (QED) is 0.870. The Hall–Kier alpha value is -1.51. The predicted molar refractivity (Wildman–Crippen MR) is 69.5 cm³/mol. The summed E-state index contributed by atoms with van der Waals surface area (Å²) in [5, 5.41) is 2.90. The van der Waals surface area contributed by atoms with Gasteiger partial charge in [0, 0.05) is 6.04 Å². The smallest absolute Gasteiger partial charge is 0.224 e. The fourth-order valence-electron chi connectivity index (χ4n) is 1.81. The van der Waals surface area contributed by atoms with Gasteiger partial charge in [0.15, 0.2) is 0 Å². The molecular formula is C14H21NO2. The van der Waals surface area contributed by atoms with Crippen LogP contribution in [0.4, 0.5) is 0 Å². The minimum atomic E-state index is 0.0627. The Morgan fingerprint density at radius 2 is 1.94 bits per heavy atom. The van der Waals surface area contributed by atoms with Crippen LogP contribution in [0.15, 0.2) is 12.1 Å². The van der Waals surface area contributed by atoms with Crippen LogP contribution in [-0.4, -0.2) is 19.1 Å². The molecule has 1 aromatic rings. The van der Waals surface area contributed by atoms with Crippen molar-refractivity contribution in [1.29, 1.82) is 0 Å². The summed E-state index contributed by atoms with van der Waals surface area (Å²) in [6, 6.07) is 4.18. The maximum Gasteiger partial charge on any atom is 0.224 e. The van der Waals surface area contributed by atoms with Gasteiger partial charge in [0.25, 0.3) is 0 Å². The van der Waals surface area contributed by atoms with E-state index in [4.69, 9.17) is 4.74 Å². The van der Waals surface area contributed by atoms with Crippen LogP contribution >= 0.6 is 0 Å². The van der Waals surface area contributed by atoms with Gasteiger partial charge in [0.1, 0.15) is 5.75 Å². The van der Waals surface area contributed by atoms with E-state index >= 15 is 0 Å². The summed E-state index contributed by atoms with van der Waals surface area (Å²) < 4.78 is 5.25. The molecule has 0 aliphatic rings. The first-order valence-electron chi connectivity index (χ1n) is 5.87. The third-order valence-electron chi connectivity index (χ3n) is 2.65. The largest absolute Gasteiger partial charge is 0.496 e. The van der Waals surface area contributed by atoms with E-state index in [1.54, 1.807) is 7.11 Å². The van der Waals surface area contributed by atoms with E-state index in [1.165, 1.54) is 0 Å². The normalized spacial score (nSPS) is 10.5. The number of aryl methyl sites for hydroxylation is 2. The summed E-state index contributed by atoms with van der Waals surface area (Å²) in [5.74, 6) is 0.934. The Kier molecular flexibility index (Phi) is 4.55. The topological polar surface area (TPSA) is 38.3 Å². The zero-order valence-electron chi connectivity index (χ0n) is 11.3. The number of carbonyl (C=O) groups is 1. The lowest BCUT2D eigenvalue weighted by atomic mass is 10.0. The lowest BCUT2D eigenvalue weighted by Crippen LogP contribution is -2.31. The molecule has 17 heavy (non-hydrogen) atoms. The van der Waals surface area contributed by atoms with Crippen LogP contribution in [0.25, 0.3) is 0 Å². The molecule has 1 amide bonds. The molecule has 1 aromatic carbocycles. The number of hydrogen-bond donors (Lipinski definition) is 1. The second-order valence-corrected chi connectivity index (χ2v) is 4.65. The van der Waals surface area contributed by atoms with Gasteiger partial charge in [-0.25, -0.2) is 0 Å². The number of methoxy groups -OCH3 is 1. The van der Waals surface area contributed by atoms with Gasteiger partial charge in [0.05, 0.1) is 13.5 Å². The first kappa shape index (κ1) is 13.6. The molecule has 0 aliphatic heterocycles. The molecule has 0 unspecified atom stereocenters. The molecule has 0 aliphatic carbocycles. The van der Waals surface area contributed by atoms with Crippen LogP contribution in [0.2, 0.25) is 0 Å². The van der Waals surface area contributed by atoms with E-state index < -0.39 is 0 Å². The molecule has 0 heterocycles. The van der Waals surface area contributed by atoms with Crippen LogP contribution < -0.4 is 10.1 Å². The van der Waals surface area contributed by atoms with Crippen molar-refractivity contribution in [3.8, 4) is 5.75 Å². The fraction of sp³-hybridized carbons (Fsp3) is 0.500. The van der Waals surface area contributed by atoms with Crippen molar-refractivity contribution >= 4 is 5.91 Å². The van der Waals surface area contributed by atoms with Crippen LogP contribution in [0, 0.1) is 13.8 Å². The number of nitrogens with one attached hydrogen (secondary N) is 1. The van der Waals surface area contributed by atoms with Crippen LogP contribution in [0.5, 0.6) is 5.75 Å². The third kappa shape index (κ3) is 3.77. The van der Waals surface area contributed by atoms with Crippen LogP contribution in [0.1, 0.15) is 30.5 Å². The number of hydrogen-bond acceptors (Lipinski definition) is 2. The Balaban J connectivity index is 2.85. The van der Waals surface area contributed by atoms with E-state index in [0.717, 1.165) is 22.4 Å². The first-order valence-corrected chi connectivity index (χ1v) is 5.87. The van der Waals surface area contributed by atoms with E-state index in [0.29, 0.717) is 6.42 Å². The first-order chi connectivity index (χ1) is 7.93. The molecule has 0 fully saturated rings. The molecule has 94 valence electrons. The molecule has 0 saturated heterocycles. The van der Waals surface area contributed by atoms with Crippen molar-refractivity contribution in [2.45, 2.75) is 40.2 Å². The highest BCUT2D eigenvalue weighted by atomic mass is 16.5. The second kappa shape index (κ2) is 5.71. The van der Waals surface area contributed by atoms with E-state index in [9.17, 15) is 4.79 Å². The molecule has 3 heteroatoms. The molecule has 0 atom stereocenters. The van der Waals surface area contributed by atoms with Crippen LogP contribution in [0.3, 0.4) is 0 Å². The van der Waals surface area contributed by atoms with Gasteiger partial charge in [-0.3, -0.25) is 4.79 Å². The van der Waals surface area contributed by atoms with Gasteiger partial charge in [-0.1, -0.05) is 6.07 Å². The Morgan fingerprint density at radius 3 is 2.47 bits per heavy atom. The van der Waals surface area contributed by atoms with Crippen molar-refractivity contribution in [2.24, 2.45) is 0 Å². The summed E-state index contributed by atoms with van der Waals surface area (Å²) in [4.78, 5) is 11.7. The molecule has 0 aromatic heterocycles. The Labute approximate surface area is 103 Å². The maximum atomic E-state index is 11.7. The minimum Gasteiger partial charge on any atom is -0.496 e. The monoisotopic (exact) mass is 235 g/mol. The number of carbonyl (C=O) groups excluding carboxylic acids is 1. The summed E-state index contributed by atoms with van der Waals surface area (Å²) >= 11 is 0. The molecule has 1 rings (SSSR count). The highest BCUT2D eigenvalue weighted by molar-refractivity contribution is 5.79. The second-order valence-electron chi connectivity index (χ2n) is 4.65. The lowest BCUT2D eigenvalue weighted by molar-refractivity contribution is -0.120.